The standard InChI is InChI=1S/C4H12NOP.C2H6/c1-5(2)7(3,4)6;1-2/h1-4H3;1-2H3. The van der Waals surface area contributed by atoms with Gasteiger partial charge in [-0.2, -0.15) is 0 Å². The van der Waals surface area contributed by atoms with E-state index in [1.54, 1.807) is 18.0 Å². The molecule has 0 spiro atoms. The molecule has 0 saturated heterocycles. The van der Waals surface area contributed by atoms with Gasteiger partial charge in [0.2, 0.25) is 0 Å². The molecule has 0 radical (unpaired) electrons. The maximum atomic E-state index is 10.8. The molecule has 0 aromatic rings. The average Bonchev–Trinajstić information content (AvgIpc) is 1.69. The van der Waals surface area contributed by atoms with Crippen LogP contribution in [-0.4, -0.2) is 32.1 Å². The Labute approximate surface area is 58.7 Å². The zero-order valence-electron chi connectivity index (χ0n) is 7.30. The first-order valence-corrected chi connectivity index (χ1v) is 5.73. The van der Waals surface area contributed by atoms with E-state index in [-0.39, 0.29) is 0 Å². The van der Waals surface area contributed by atoms with Gasteiger partial charge in [-0.15, -0.1) is 0 Å². The number of hydrogen-bond acceptors (Lipinski definition) is 1. The van der Waals surface area contributed by atoms with Crippen molar-refractivity contribution >= 4 is 7.29 Å². The molecule has 0 rings (SSSR count). The van der Waals surface area contributed by atoms with Gasteiger partial charge in [0.25, 0.3) is 0 Å². The first-order valence-electron chi connectivity index (χ1n) is 3.17. The molecule has 0 bridgehead atoms. The summed E-state index contributed by atoms with van der Waals surface area (Å²) in [5.74, 6) is 0. The van der Waals surface area contributed by atoms with E-state index in [9.17, 15) is 4.57 Å². The molecule has 0 saturated carbocycles. The molecule has 0 aromatic heterocycles. The summed E-state index contributed by atoms with van der Waals surface area (Å²) in [5.41, 5.74) is 0. The predicted molar refractivity (Wildman–Crippen MR) is 44.5 cm³/mol. The van der Waals surface area contributed by atoms with Crippen LogP contribution in [0.4, 0.5) is 0 Å². The Morgan fingerprint density at radius 1 is 1.11 bits per heavy atom. The SMILES string of the molecule is CC.CN(C)P(C)(C)=O. The second-order valence-electron chi connectivity index (χ2n) is 2.14. The van der Waals surface area contributed by atoms with Crippen molar-refractivity contribution in [1.29, 1.82) is 0 Å². The molecule has 0 aliphatic rings. The Morgan fingerprint density at radius 2 is 1.22 bits per heavy atom. The third-order valence-corrected chi connectivity index (χ3v) is 2.89. The lowest BCUT2D eigenvalue weighted by Crippen LogP contribution is -2.04. The monoisotopic (exact) mass is 151 g/mol. The highest BCUT2D eigenvalue weighted by Crippen LogP contribution is 2.37. The van der Waals surface area contributed by atoms with Crippen LogP contribution in [0.2, 0.25) is 0 Å². The maximum Gasteiger partial charge on any atom is 0.143 e. The minimum atomic E-state index is -1.90. The van der Waals surface area contributed by atoms with Gasteiger partial charge in [0.05, 0.1) is 0 Å². The number of hydrogen-bond donors (Lipinski definition) is 0. The Bertz CT molecular complexity index is 95.2. The molecule has 0 heterocycles. The summed E-state index contributed by atoms with van der Waals surface area (Å²) in [6.07, 6.45) is 0. The van der Waals surface area contributed by atoms with Crippen LogP contribution in [0.1, 0.15) is 13.8 Å². The lowest BCUT2D eigenvalue weighted by atomic mass is 11.0. The predicted octanol–water partition coefficient (Wildman–Crippen LogP) is 2.11. The van der Waals surface area contributed by atoms with E-state index in [0.717, 1.165) is 0 Å². The summed E-state index contributed by atoms with van der Waals surface area (Å²) < 4.78 is 12.6. The highest BCUT2D eigenvalue weighted by Gasteiger charge is 2.07. The third kappa shape index (κ3) is 8.19. The fraction of sp³-hybridized carbons (Fsp3) is 1.00. The van der Waals surface area contributed by atoms with Gasteiger partial charge in [-0.1, -0.05) is 13.8 Å². The Balaban J connectivity index is 0. The van der Waals surface area contributed by atoms with E-state index in [1.165, 1.54) is 0 Å². The molecule has 9 heavy (non-hydrogen) atoms. The topological polar surface area (TPSA) is 20.3 Å². The van der Waals surface area contributed by atoms with Crippen LogP contribution >= 0.6 is 7.29 Å². The van der Waals surface area contributed by atoms with Gasteiger partial charge in [-0.25, -0.2) is 0 Å². The number of nitrogens with zero attached hydrogens (tertiary/aromatic N) is 1. The fourth-order valence-electron chi connectivity index (χ4n) is 0. The highest BCUT2D eigenvalue weighted by molar-refractivity contribution is 7.59. The molecule has 3 heteroatoms. The zero-order chi connectivity index (χ0) is 8.08. The van der Waals surface area contributed by atoms with Gasteiger partial charge in [-0.05, 0) is 14.1 Å². The normalized spacial score (nSPS) is 10.6. The first kappa shape index (κ1) is 11.9. The molecular weight excluding hydrogens is 133 g/mol. The summed E-state index contributed by atoms with van der Waals surface area (Å²) in [6.45, 7) is 7.49. The quantitative estimate of drug-likeness (QED) is 0.535. The Morgan fingerprint density at radius 3 is 1.22 bits per heavy atom. The molecule has 0 aromatic carbocycles. The van der Waals surface area contributed by atoms with Crippen molar-refractivity contribution in [2.45, 2.75) is 13.8 Å². The minimum absolute atomic E-state index is 1.74. The lowest BCUT2D eigenvalue weighted by Gasteiger charge is -2.13. The van der Waals surface area contributed by atoms with E-state index in [0.29, 0.717) is 0 Å². The fourth-order valence-corrected chi connectivity index (χ4v) is 0. The summed E-state index contributed by atoms with van der Waals surface area (Å²) in [4.78, 5) is 0. The van der Waals surface area contributed by atoms with Crippen LogP contribution in [-0.2, 0) is 4.57 Å². The van der Waals surface area contributed by atoms with E-state index < -0.39 is 7.29 Å². The van der Waals surface area contributed by atoms with Crippen molar-refractivity contribution in [2.24, 2.45) is 0 Å². The van der Waals surface area contributed by atoms with Crippen LogP contribution < -0.4 is 0 Å². The third-order valence-electron chi connectivity index (χ3n) is 0.963. The second kappa shape index (κ2) is 5.01. The van der Waals surface area contributed by atoms with Gasteiger partial charge in [0.1, 0.15) is 7.29 Å². The largest absolute Gasteiger partial charge is 0.307 e. The van der Waals surface area contributed by atoms with Crippen LogP contribution in [0.15, 0.2) is 0 Å². The zero-order valence-corrected chi connectivity index (χ0v) is 8.20. The second-order valence-corrected chi connectivity index (χ2v) is 5.53. The molecular formula is C6H18NOP. The Hall–Kier alpha value is 0.190. The molecule has 0 atom stereocenters. The van der Waals surface area contributed by atoms with E-state index in [2.05, 4.69) is 0 Å². The van der Waals surface area contributed by atoms with Crippen LogP contribution in [0, 0.1) is 0 Å². The highest BCUT2D eigenvalue weighted by atomic mass is 31.2. The van der Waals surface area contributed by atoms with E-state index in [4.69, 9.17) is 0 Å². The molecule has 0 N–H and O–H groups in total. The Kier molecular flexibility index (Phi) is 6.64. The van der Waals surface area contributed by atoms with Gasteiger partial charge >= 0.3 is 0 Å². The van der Waals surface area contributed by atoms with E-state index in [1.807, 2.05) is 27.9 Å². The summed E-state index contributed by atoms with van der Waals surface area (Å²) >= 11 is 0. The molecule has 2 nitrogen and oxygen atoms in total. The summed E-state index contributed by atoms with van der Waals surface area (Å²) in [7, 11) is 1.74. The van der Waals surface area contributed by atoms with Gasteiger partial charge in [0.15, 0.2) is 0 Å². The molecule has 0 fully saturated rings. The minimum Gasteiger partial charge on any atom is -0.307 e. The van der Waals surface area contributed by atoms with Crippen molar-refractivity contribution in [2.75, 3.05) is 27.4 Å². The molecule has 0 aliphatic carbocycles. The molecule has 58 valence electrons. The van der Waals surface area contributed by atoms with Crippen molar-refractivity contribution < 1.29 is 4.57 Å². The summed E-state index contributed by atoms with van der Waals surface area (Å²) in [6, 6.07) is 0. The van der Waals surface area contributed by atoms with Crippen LogP contribution in [0.25, 0.3) is 0 Å². The van der Waals surface area contributed by atoms with Gasteiger partial charge in [-0.3, -0.25) is 4.67 Å². The van der Waals surface area contributed by atoms with Crippen molar-refractivity contribution in [3.63, 3.8) is 0 Å². The van der Waals surface area contributed by atoms with Crippen molar-refractivity contribution in [3.8, 4) is 0 Å². The van der Waals surface area contributed by atoms with Gasteiger partial charge in [0, 0.05) is 13.3 Å². The van der Waals surface area contributed by atoms with Gasteiger partial charge < -0.3 is 4.57 Å². The number of rotatable bonds is 1. The van der Waals surface area contributed by atoms with Crippen molar-refractivity contribution in [1.82, 2.24) is 4.67 Å². The maximum absolute atomic E-state index is 10.8. The van der Waals surface area contributed by atoms with Crippen LogP contribution in [0.5, 0.6) is 0 Å². The first-order chi connectivity index (χ1) is 3.94. The van der Waals surface area contributed by atoms with Crippen LogP contribution in [0.3, 0.4) is 0 Å². The van der Waals surface area contributed by atoms with E-state index >= 15 is 0 Å². The molecule has 0 aliphatic heterocycles. The lowest BCUT2D eigenvalue weighted by molar-refractivity contribution is 0.526. The summed E-state index contributed by atoms with van der Waals surface area (Å²) in [5, 5.41) is 0. The smallest absolute Gasteiger partial charge is 0.143 e. The average molecular weight is 151 g/mol. The molecule has 0 amide bonds. The van der Waals surface area contributed by atoms with Crippen molar-refractivity contribution in [3.05, 3.63) is 0 Å². The molecule has 0 unspecified atom stereocenters.